The Hall–Kier alpha value is -0.570. The molecule has 0 spiro atoms. The SMILES string of the molecule is CCC(CC)CNC(=O)C(C)(CC)CN. The van der Waals surface area contributed by atoms with Gasteiger partial charge in [0.25, 0.3) is 0 Å². The van der Waals surface area contributed by atoms with Crippen LogP contribution in [0.4, 0.5) is 0 Å². The Morgan fingerprint density at radius 1 is 1.33 bits per heavy atom. The fourth-order valence-electron chi connectivity index (χ4n) is 1.43. The summed E-state index contributed by atoms with van der Waals surface area (Å²) in [6, 6.07) is 0. The van der Waals surface area contributed by atoms with Crippen molar-refractivity contribution >= 4 is 5.91 Å². The number of nitrogens with two attached hydrogens (primary N) is 1. The normalized spacial score (nSPS) is 15.1. The summed E-state index contributed by atoms with van der Waals surface area (Å²) in [4.78, 5) is 11.9. The average Bonchev–Trinajstić information content (AvgIpc) is 2.29. The van der Waals surface area contributed by atoms with Gasteiger partial charge in [0.15, 0.2) is 0 Å². The van der Waals surface area contributed by atoms with Gasteiger partial charge in [-0.3, -0.25) is 4.79 Å². The lowest BCUT2D eigenvalue weighted by atomic mass is 9.86. The molecule has 0 aromatic rings. The zero-order valence-electron chi connectivity index (χ0n) is 10.6. The number of carbonyl (C=O) groups is 1. The molecule has 0 aliphatic carbocycles. The molecule has 1 atom stereocenters. The van der Waals surface area contributed by atoms with Crippen LogP contribution in [0.25, 0.3) is 0 Å². The van der Waals surface area contributed by atoms with Crippen LogP contribution in [0.2, 0.25) is 0 Å². The highest BCUT2D eigenvalue weighted by Crippen LogP contribution is 2.19. The van der Waals surface area contributed by atoms with Gasteiger partial charge < -0.3 is 11.1 Å². The van der Waals surface area contributed by atoms with Crippen molar-refractivity contribution in [3.63, 3.8) is 0 Å². The third kappa shape index (κ3) is 4.20. The number of nitrogens with one attached hydrogen (secondary N) is 1. The quantitative estimate of drug-likeness (QED) is 0.680. The number of hydrogen-bond acceptors (Lipinski definition) is 2. The lowest BCUT2D eigenvalue weighted by molar-refractivity contribution is -0.130. The Morgan fingerprint density at radius 2 is 1.87 bits per heavy atom. The van der Waals surface area contributed by atoms with E-state index in [-0.39, 0.29) is 5.91 Å². The zero-order valence-corrected chi connectivity index (χ0v) is 10.6. The average molecular weight is 214 g/mol. The molecule has 1 amide bonds. The van der Waals surface area contributed by atoms with Gasteiger partial charge in [-0.15, -0.1) is 0 Å². The first-order valence-electron chi connectivity index (χ1n) is 6.02. The van der Waals surface area contributed by atoms with Gasteiger partial charge in [-0.25, -0.2) is 0 Å². The lowest BCUT2D eigenvalue weighted by Gasteiger charge is -2.26. The van der Waals surface area contributed by atoms with Gasteiger partial charge in [-0.05, 0) is 19.3 Å². The van der Waals surface area contributed by atoms with Gasteiger partial charge in [0.1, 0.15) is 0 Å². The molecule has 1 unspecified atom stereocenters. The molecule has 0 saturated heterocycles. The summed E-state index contributed by atoms with van der Waals surface area (Å²) in [5, 5.41) is 3.01. The molecule has 0 aromatic carbocycles. The molecule has 0 rings (SSSR count). The molecule has 90 valence electrons. The monoisotopic (exact) mass is 214 g/mol. The molecule has 0 fully saturated rings. The van der Waals surface area contributed by atoms with Crippen molar-refractivity contribution < 1.29 is 4.79 Å². The number of amides is 1. The Labute approximate surface area is 93.8 Å². The van der Waals surface area contributed by atoms with E-state index in [1.165, 1.54) is 0 Å². The minimum absolute atomic E-state index is 0.0967. The molecule has 0 bridgehead atoms. The summed E-state index contributed by atoms with van der Waals surface area (Å²) < 4.78 is 0. The topological polar surface area (TPSA) is 55.1 Å². The Balaban J connectivity index is 4.12. The summed E-state index contributed by atoms with van der Waals surface area (Å²) in [5.41, 5.74) is 5.23. The van der Waals surface area contributed by atoms with Crippen LogP contribution in [0.5, 0.6) is 0 Å². The van der Waals surface area contributed by atoms with Crippen LogP contribution in [0.3, 0.4) is 0 Å². The highest BCUT2D eigenvalue weighted by atomic mass is 16.2. The Kier molecular flexibility index (Phi) is 6.57. The van der Waals surface area contributed by atoms with E-state index in [0.29, 0.717) is 12.5 Å². The highest BCUT2D eigenvalue weighted by Gasteiger charge is 2.29. The van der Waals surface area contributed by atoms with E-state index < -0.39 is 5.41 Å². The molecule has 0 aromatic heterocycles. The van der Waals surface area contributed by atoms with E-state index >= 15 is 0 Å². The maximum atomic E-state index is 11.9. The molecule has 0 aliphatic rings. The van der Waals surface area contributed by atoms with E-state index in [4.69, 9.17) is 5.73 Å². The van der Waals surface area contributed by atoms with E-state index in [0.717, 1.165) is 25.8 Å². The van der Waals surface area contributed by atoms with Crippen LogP contribution in [-0.4, -0.2) is 19.0 Å². The zero-order chi connectivity index (χ0) is 11.9. The fraction of sp³-hybridized carbons (Fsp3) is 0.917. The van der Waals surface area contributed by atoms with Crippen molar-refractivity contribution in [2.24, 2.45) is 17.1 Å². The standard InChI is InChI=1S/C12H26N2O/c1-5-10(6-2)8-14-11(15)12(4,7-3)9-13/h10H,5-9,13H2,1-4H3,(H,14,15). The molecule has 0 heterocycles. The van der Waals surface area contributed by atoms with E-state index in [1.54, 1.807) is 0 Å². The molecule has 15 heavy (non-hydrogen) atoms. The number of rotatable bonds is 7. The Morgan fingerprint density at radius 3 is 2.20 bits per heavy atom. The summed E-state index contributed by atoms with van der Waals surface area (Å²) in [6.45, 7) is 9.43. The molecule has 3 N–H and O–H groups in total. The third-order valence-corrected chi connectivity index (χ3v) is 3.49. The maximum Gasteiger partial charge on any atom is 0.227 e. The van der Waals surface area contributed by atoms with E-state index in [2.05, 4.69) is 19.2 Å². The molecule has 3 nitrogen and oxygen atoms in total. The van der Waals surface area contributed by atoms with Gasteiger partial charge in [-0.2, -0.15) is 0 Å². The van der Waals surface area contributed by atoms with Crippen molar-refractivity contribution in [1.82, 2.24) is 5.32 Å². The Bertz CT molecular complexity index is 184. The van der Waals surface area contributed by atoms with Crippen LogP contribution >= 0.6 is 0 Å². The molecule has 0 radical (unpaired) electrons. The number of carbonyl (C=O) groups excluding carboxylic acids is 1. The third-order valence-electron chi connectivity index (χ3n) is 3.49. The van der Waals surface area contributed by atoms with Crippen molar-refractivity contribution in [3.8, 4) is 0 Å². The van der Waals surface area contributed by atoms with Gasteiger partial charge in [0, 0.05) is 13.1 Å². The maximum absolute atomic E-state index is 11.9. The summed E-state index contributed by atoms with van der Waals surface area (Å²) in [5.74, 6) is 0.687. The van der Waals surface area contributed by atoms with E-state index in [9.17, 15) is 4.79 Å². The number of hydrogen-bond donors (Lipinski definition) is 2. The second kappa shape index (κ2) is 6.83. The van der Waals surface area contributed by atoms with Crippen LogP contribution in [0.15, 0.2) is 0 Å². The lowest BCUT2D eigenvalue weighted by Crippen LogP contribution is -2.44. The largest absolute Gasteiger partial charge is 0.355 e. The van der Waals surface area contributed by atoms with Crippen molar-refractivity contribution in [2.45, 2.75) is 47.0 Å². The van der Waals surface area contributed by atoms with Crippen LogP contribution in [0.1, 0.15) is 47.0 Å². The van der Waals surface area contributed by atoms with Gasteiger partial charge in [0.05, 0.1) is 5.41 Å². The van der Waals surface area contributed by atoms with Crippen molar-refractivity contribution in [1.29, 1.82) is 0 Å². The fourth-order valence-corrected chi connectivity index (χ4v) is 1.43. The molecule has 0 saturated carbocycles. The summed E-state index contributed by atoms with van der Waals surface area (Å²) in [6.07, 6.45) is 3.02. The minimum Gasteiger partial charge on any atom is -0.355 e. The van der Waals surface area contributed by atoms with Crippen LogP contribution < -0.4 is 11.1 Å². The molecular weight excluding hydrogens is 188 g/mol. The first-order valence-corrected chi connectivity index (χ1v) is 6.02. The smallest absolute Gasteiger partial charge is 0.227 e. The first-order chi connectivity index (χ1) is 7.03. The minimum atomic E-state index is -0.397. The van der Waals surface area contributed by atoms with Crippen molar-refractivity contribution in [2.75, 3.05) is 13.1 Å². The van der Waals surface area contributed by atoms with Crippen LogP contribution in [-0.2, 0) is 4.79 Å². The predicted octanol–water partition coefficient (Wildman–Crippen LogP) is 1.91. The molecule has 0 aliphatic heterocycles. The summed E-state index contributed by atoms with van der Waals surface area (Å²) >= 11 is 0. The summed E-state index contributed by atoms with van der Waals surface area (Å²) in [7, 11) is 0. The second-order valence-electron chi connectivity index (χ2n) is 4.51. The van der Waals surface area contributed by atoms with E-state index in [1.807, 2.05) is 13.8 Å². The molecule has 3 heteroatoms. The second-order valence-corrected chi connectivity index (χ2v) is 4.51. The molecular formula is C12H26N2O. The van der Waals surface area contributed by atoms with Crippen molar-refractivity contribution in [3.05, 3.63) is 0 Å². The van der Waals surface area contributed by atoms with Gasteiger partial charge in [-0.1, -0.05) is 33.6 Å². The van der Waals surface area contributed by atoms with Crippen LogP contribution in [0, 0.1) is 11.3 Å². The van der Waals surface area contributed by atoms with Gasteiger partial charge in [0.2, 0.25) is 5.91 Å². The highest BCUT2D eigenvalue weighted by molar-refractivity contribution is 5.82. The first kappa shape index (κ1) is 14.4. The van der Waals surface area contributed by atoms with Gasteiger partial charge >= 0.3 is 0 Å². The predicted molar refractivity (Wildman–Crippen MR) is 64.5 cm³/mol.